The van der Waals surface area contributed by atoms with Crippen LogP contribution in [0.5, 0.6) is 0 Å². The molecule has 0 bridgehead atoms. The van der Waals surface area contributed by atoms with Crippen molar-refractivity contribution in [3.8, 4) is 0 Å². The van der Waals surface area contributed by atoms with E-state index in [1.54, 1.807) is 0 Å². The maximum absolute atomic E-state index is 12.9. The number of unbranched alkanes of at least 4 members (excludes halogenated alkanes) is 28. The predicted octanol–water partition coefficient (Wildman–Crippen LogP) is 20.9. The fraction of sp³-hybridized carbons (Fsp3) is 0.716. The third-order valence-corrected chi connectivity index (χ3v) is 13.0. The van der Waals surface area contributed by atoms with Crippen LogP contribution in [0.25, 0.3) is 0 Å². The van der Waals surface area contributed by atoms with Gasteiger partial charge in [0.25, 0.3) is 0 Å². The second-order valence-corrected chi connectivity index (χ2v) is 20.2. The molecule has 0 saturated carbocycles. The van der Waals surface area contributed by atoms with Crippen LogP contribution in [0.2, 0.25) is 0 Å². The molecular formula is C67H114O6. The second-order valence-electron chi connectivity index (χ2n) is 20.2. The van der Waals surface area contributed by atoms with Gasteiger partial charge in [0.1, 0.15) is 13.2 Å². The van der Waals surface area contributed by atoms with Gasteiger partial charge in [-0.1, -0.05) is 253 Å². The Morgan fingerprint density at radius 2 is 0.548 bits per heavy atom. The molecule has 0 aromatic rings. The molecule has 0 radical (unpaired) electrons. The summed E-state index contributed by atoms with van der Waals surface area (Å²) < 4.78 is 16.9. The predicted molar refractivity (Wildman–Crippen MR) is 316 cm³/mol. The molecule has 0 amide bonds. The lowest BCUT2D eigenvalue weighted by atomic mass is 10.0. The minimum absolute atomic E-state index is 0.0867. The number of allylic oxidation sites excluding steroid dienone is 16. The van der Waals surface area contributed by atoms with E-state index >= 15 is 0 Å². The van der Waals surface area contributed by atoms with Gasteiger partial charge in [-0.15, -0.1) is 0 Å². The Labute approximate surface area is 451 Å². The molecule has 6 nitrogen and oxygen atoms in total. The molecule has 0 spiro atoms. The van der Waals surface area contributed by atoms with Gasteiger partial charge in [-0.05, 0) is 116 Å². The van der Waals surface area contributed by atoms with Gasteiger partial charge in [-0.3, -0.25) is 14.4 Å². The summed E-state index contributed by atoms with van der Waals surface area (Å²) in [6.07, 6.45) is 81.2. The lowest BCUT2D eigenvalue weighted by molar-refractivity contribution is -0.167. The van der Waals surface area contributed by atoms with Crippen LogP contribution in [-0.4, -0.2) is 37.2 Å². The van der Waals surface area contributed by atoms with E-state index in [1.165, 1.54) is 128 Å². The minimum Gasteiger partial charge on any atom is -0.462 e. The summed E-state index contributed by atoms with van der Waals surface area (Å²) in [6, 6.07) is 0. The van der Waals surface area contributed by atoms with Gasteiger partial charge in [-0.25, -0.2) is 0 Å². The van der Waals surface area contributed by atoms with E-state index in [4.69, 9.17) is 14.2 Å². The molecule has 0 heterocycles. The Morgan fingerprint density at radius 1 is 0.288 bits per heavy atom. The van der Waals surface area contributed by atoms with Gasteiger partial charge in [0.15, 0.2) is 6.10 Å². The Bertz CT molecular complexity index is 1440. The molecule has 418 valence electrons. The molecule has 73 heavy (non-hydrogen) atoms. The molecule has 0 aliphatic rings. The van der Waals surface area contributed by atoms with Crippen LogP contribution in [0.4, 0.5) is 0 Å². The zero-order chi connectivity index (χ0) is 52.9. The van der Waals surface area contributed by atoms with Gasteiger partial charge < -0.3 is 14.2 Å². The smallest absolute Gasteiger partial charge is 0.306 e. The third-order valence-electron chi connectivity index (χ3n) is 13.0. The van der Waals surface area contributed by atoms with E-state index in [9.17, 15) is 14.4 Å². The number of carbonyl (C=O) groups is 3. The normalized spacial score (nSPS) is 12.8. The first-order valence-electron chi connectivity index (χ1n) is 30.7. The van der Waals surface area contributed by atoms with E-state index in [0.717, 1.165) is 122 Å². The number of rotatable bonds is 55. The van der Waals surface area contributed by atoms with Crippen molar-refractivity contribution in [2.75, 3.05) is 13.2 Å². The van der Waals surface area contributed by atoms with Gasteiger partial charge in [0.2, 0.25) is 0 Å². The zero-order valence-electron chi connectivity index (χ0n) is 47.9. The van der Waals surface area contributed by atoms with Crippen LogP contribution < -0.4 is 0 Å². The van der Waals surface area contributed by atoms with E-state index in [0.29, 0.717) is 19.3 Å². The second kappa shape index (κ2) is 60.9. The van der Waals surface area contributed by atoms with Crippen LogP contribution in [0, 0.1) is 0 Å². The molecule has 0 aromatic heterocycles. The van der Waals surface area contributed by atoms with Crippen LogP contribution in [0.1, 0.15) is 290 Å². The number of carbonyl (C=O) groups excluding carboxylic acids is 3. The third kappa shape index (κ3) is 59.1. The van der Waals surface area contributed by atoms with E-state index in [1.807, 2.05) is 0 Å². The molecule has 1 unspecified atom stereocenters. The first-order chi connectivity index (χ1) is 36.0. The summed E-state index contributed by atoms with van der Waals surface area (Å²) >= 11 is 0. The first-order valence-corrected chi connectivity index (χ1v) is 30.7. The SMILES string of the molecule is CC/C=C\C/C=C\C/C=C\C/C=C\C/C=C\CCCCCCCCCCCCCC(=O)OCC(COC(=O)CCCCCCC/C=C\CCCCCCC)OC(=O)CCCCCCC/C=C\C/C=C\CCCC. The van der Waals surface area contributed by atoms with Gasteiger partial charge in [-0.2, -0.15) is 0 Å². The highest BCUT2D eigenvalue weighted by Crippen LogP contribution is 2.15. The van der Waals surface area contributed by atoms with Gasteiger partial charge in [0.05, 0.1) is 0 Å². The highest BCUT2D eigenvalue weighted by atomic mass is 16.6. The summed E-state index contributed by atoms with van der Waals surface area (Å²) in [4.78, 5) is 38.2. The van der Waals surface area contributed by atoms with Gasteiger partial charge >= 0.3 is 17.9 Å². The molecular weight excluding hydrogens is 901 g/mol. The summed E-state index contributed by atoms with van der Waals surface area (Å²) in [6.45, 7) is 6.47. The van der Waals surface area contributed by atoms with Crippen LogP contribution in [-0.2, 0) is 28.6 Å². The molecule has 0 saturated heterocycles. The molecule has 0 aliphatic carbocycles. The summed E-state index contributed by atoms with van der Waals surface area (Å²) in [5, 5.41) is 0. The first kappa shape index (κ1) is 69.3. The minimum atomic E-state index is -0.790. The van der Waals surface area contributed by atoms with Crippen LogP contribution in [0.15, 0.2) is 97.2 Å². The molecule has 0 aliphatic heterocycles. The monoisotopic (exact) mass is 1010 g/mol. The summed E-state index contributed by atoms with van der Waals surface area (Å²) in [5.41, 5.74) is 0. The average molecular weight is 1020 g/mol. The lowest BCUT2D eigenvalue weighted by Gasteiger charge is -2.18. The van der Waals surface area contributed by atoms with Crippen molar-refractivity contribution in [1.29, 1.82) is 0 Å². The van der Waals surface area contributed by atoms with Crippen molar-refractivity contribution in [1.82, 2.24) is 0 Å². The molecule has 0 rings (SSSR count). The van der Waals surface area contributed by atoms with Crippen LogP contribution >= 0.6 is 0 Å². The van der Waals surface area contributed by atoms with Crippen molar-refractivity contribution in [3.05, 3.63) is 97.2 Å². The van der Waals surface area contributed by atoms with Crippen molar-refractivity contribution >= 4 is 17.9 Å². The highest BCUT2D eigenvalue weighted by molar-refractivity contribution is 5.71. The number of hydrogen-bond donors (Lipinski definition) is 0. The van der Waals surface area contributed by atoms with Gasteiger partial charge in [0, 0.05) is 19.3 Å². The van der Waals surface area contributed by atoms with Crippen LogP contribution in [0.3, 0.4) is 0 Å². The maximum atomic E-state index is 12.9. The topological polar surface area (TPSA) is 78.9 Å². The molecule has 0 aromatic carbocycles. The number of ether oxygens (including phenoxy) is 3. The Morgan fingerprint density at radius 3 is 0.890 bits per heavy atom. The fourth-order valence-corrected chi connectivity index (χ4v) is 8.42. The molecule has 1 atom stereocenters. The number of esters is 3. The average Bonchev–Trinajstić information content (AvgIpc) is 3.39. The van der Waals surface area contributed by atoms with Crippen molar-refractivity contribution in [3.63, 3.8) is 0 Å². The Kier molecular flexibility index (Phi) is 57.8. The molecule has 6 heteroatoms. The maximum Gasteiger partial charge on any atom is 0.306 e. The molecule has 0 N–H and O–H groups in total. The van der Waals surface area contributed by atoms with Crippen molar-refractivity contribution in [2.24, 2.45) is 0 Å². The highest BCUT2D eigenvalue weighted by Gasteiger charge is 2.19. The number of hydrogen-bond acceptors (Lipinski definition) is 6. The summed E-state index contributed by atoms with van der Waals surface area (Å²) in [5.74, 6) is -0.906. The largest absolute Gasteiger partial charge is 0.462 e. The lowest BCUT2D eigenvalue weighted by Crippen LogP contribution is -2.30. The van der Waals surface area contributed by atoms with E-state index < -0.39 is 6.10 Å². The molecule has 0 fully saturated rings. The fourth-order valence-electron chi connectivity index (χ4n) is 8.42. The Balaban J connectivity index is 4.30. The quantitative estimate of drug-likeness (QED) is 0.0261. The van der Waals surface area contributed by atoms with E-state index in [2.05, 4.69) is 118 Å². The zero-order valence-corrected chi connectivity index (χ0v) is 47.9. The standard InChI is InChI=1S/C67H114O6/c1-4-7-10-13-16-19-22-25-28-29-30-31-32-33-34-35-36-37-38-39-40-43-45-48-51-54-57-60-66(69)72-63-64(73-67(70)61-58-55-52-49-46-42-27-24-21-18-15-12-9-6-3)62-71-65(68)59-56-53-50-47-44-41-26-23-20-17-14-11-8-5-2/h7,10,15-16,18-19,23-28,30-31,33-34,64H,4-6,8-9,11-14,17,20-22,29,32,35-63H2,1-3H3/b10-7-,18-15-,19-16-,26-23-,27-24-,28-25-,31-30-,34-33-. The Hall–Kier alpha value is -3.67. The summed E-state index contributed by atoms with van der Waals surface area (Å²) in [7, 11) is 0. The van der Waals surface area contributed by atoms with Crippen molar-refractivity contribution < 1.29 is 28.6 Å². The van der Waals surface area contributed by atoms with E-state index in [-0.39, 0.29) is 31.1 Å². The van der Waals surface area contributed by atoms with Crippen molar-refractivity contribution in [2.45, 2.75) is 297 Å².